The number of carboxylic acid groups (broad SMARTS) is 1. The number of benzene rings is 1. The zero-order chi connectivity index (χ0) is 21.4. The Balaban J connectivity index is 1.44. The summed E-state index contributed by atoms with van der Waals surface area (Å²) in [5.41, 5.74) is -0.111. The van der Waals surface area contributed by atoms with Crippen LogP contribution in [-0.4, -0.2) is 52.2 Å². The number of piperidine rings is 1. The largest absolute Gasteiger partial charge is 0.481 e. The quantitative estimate of drug-likeness (QED) is 0.748. The van der Waals surface area contributed by atoms with Gasteiger partial charge in [-0.05, 0) is 44.2 Å². The molecule has 9 heteroatoms. The van der Waals surface area contributed by atoms with Crippen molar-refractivity contribution < 1.29 is 28.0 Å². The fourth-order valence-electron chi connectivity index (χ4n) is 4.09. The van der Waals surface area contributed by atoms with E-state index in [0.717, 1.165) is 6.07 Å². The maximum atomic E-state index is 13.9. The third-order valence-corrected chi connectivity index (χ3v) is 6.10. The predicted molar refractivity (Wildman–Crippen MR) is 103 cm³/mol. The van der Waals surface area contributed by atoms with Crippen LogP contribution in [0.1, 0.15) is 36.7 Å². The van der Waals surface area contributed by atoms with Crippen molar-refractivity contribution in [1.29, 1.82) is 0 Å². The molecule has 1 amide bonds. The zero-order valence-electron chi connectivity index (χ0n) is 16.5. The summed E-state index contributed by atoms with van der Waals surface area (Å²) in [6, 6.07) is 4.04. The van der Waals surface area contributed by atoms with E-state index in [2.05, 4.69) is 22.3 Å². The molecule has 3 atom stereocenters. The lowest BCUT2D eigenvalue weighted by Crippen LogP contribution is -2.55. The minimum Gasteiger partial charge on any atom is -0.481 e. The molecule has 1 aromatic heterocycles. The highest BCUT2D eigenvalue weighted by Crippen LogP contribution is 2.36. The van der Waals surface area contributed by atoms with Gasteiger partial charge in [-0.2, -0.15) is 0 Å². The van der Waals surface area contributed by atoms with E-state index in [4.69, 9.17) is 4.52 Å². The predicted octanol–water partition coefficient (Wildman–Crippen LogP) is 2.92. The van der Waals surface area contributed by atoms with Crippen LogP contribution >= 0.6 is 0 Å². The summed E-state index contributed by atoms with van der Waals surface area (Å²) in [4.78, 5) is 26.6. The smallest absolute Gasteiger partial charge is 0.309 e. The van der Waals surface area contributed by atoms with Crippen LogP contribution in [0.15, 0.2) is 28.8 Å². The van der Waals surface area contributed by atoms with Gasteiger partial charge < -0.3 is 14.9 Å². The third kappa shape index (κ3) is 4.21. The molecule has 30 heavy (non-hydrogen) atoms. The Bertz CT molecular complexity index is 959. The number of amides is 1. The SMILES string of the molecule is C[C@@H](C1CC1)N1CC[C@H](NC(=O)c2cc(-c3ccc(F)cc3F)on2)[C@@H](C(=O)O)C1. The van der Waals surface area contributed by atoms with Crippen molar-refractivity contribution in [2.75, 3.05) is 13.1 Å². The Hall–Kier alpha value is -2.81. The fraction of sp³-hybridized carbons (Fsp3) is 0.476. The maximum absolute atomic E-state index is 13.9. The third-order valence-electron chi connectivity index (χ3n) is 6.10. The van der Waals surface area contributed by atoms with Gasteiger partial charge >= 0.3 is 5.97 Å². The average Bonchev–Trinajstić information content (AvgIpc) is 3.44. The number of hydrogen-bond acceptors (Lipinski definition) is 5. The van der Waals surface area contributed by atoms with Crippen LogP contribution in [0.5, 0.6) is 0 Å². The highest BCUT2D eigenvalue weighted by atomic mass is 19.1. The summed E-state index contributed by atoms with van der Waals surface area (Å²) in [7, 11) is 0. The van der Waals surface area contributed by atoms with Crippen LogP contribution in [0, 0.1) is 23.5 Å². The first-order valence-electron chi connectivity index (χ1n) is 10.0. The molecule has 1 saturated carbocycles. The second-order valence-electron chi connectivity index (χ2n) is 8.09. The van der Waals surface area contributed by atoms with E-state index < -0.39 is 35.5 Å². The molecular formula is C21H23F2N3O4. The summed E-state index contributed by atoms with van der Waals surface area (Å²) >= 11 is 0. The number of likely N-dealkylation sites (tertiary alicyclic amines) is 1. The number of aliphatic carboxylic acids is 1. The van der Waals surface area contributed by atoms with Gasteiger partial charge in [0.2, 0.25) is 0 Å². The Morgan fingerprint density at radius 3 is 2.70 bits per heavy atom. The number of rotatable bonds is 6. The second-order valence-corrected chi connectivity index (χ2v) is 8.09. The molecule has 2 fully saturated rings. The van der Waals surface area contributed by atoms with E-state index in [1.54, 1.807) is 0 Å². The summed E-state index contributed by atoms with van der Waals surface area (Å²) in [5, 5.41) is 16.1. The molecule has 0 spiro atoms. The molecule has 1 aliphatic carbocycles. The van der Waals surface area contributed by atoms with Gasteiger partial charge in [0.25, 0.3) is 5.91 Å². The van der Waals surface area contributed by atoms with Gasteiger partial charge in [-0.3, -0.25) is 14.5 Å². The molecule has 1 saturated heterocycles. The molecular weight excluding hydrogens is 396 g/mol. The Kier molecular flexibility index (Phi) is 5.55. The fourth-order valence-corrected chi connectivity index (χ4v) is 4.09. The molecule has 2 aliphatic rings. The summed E-state index contributed by atoms with van der Waals surface area (Å²) in [6.45, 7) is 3.21. The number of nitrogens with zero attached hydrogens (tertiary/aromatic N) is 2. The van der Waals surface area contributed by atoms with Crippen LogP contribution in [0.3, 0.4) is 0 Å². The summed E-state index contributed by atoms with van der Waals surface area (Å²) in [6.07, 6.45) is 2.87. The number of nitrogens with one attached hydrogen (secondary N) is 1. The molecule has 2 aromatic rings. The lowest BCUT2D eigenvalue weighted by atomic mass is 9.90. The number of carbonyl (C=O) groups excluding carboxylic acids is 1. The molecule has 0 bridgehead atoms. The van der Waals surface area contributed by atoms with Gasteiger partial charge in [-0.1, -0.05) is 5.16 Å². The van der Waals surface area contributed by atoms with Crippen LogP contribution in [-0.2, 0) is 4.79 Å². The molecule has 1 aliphatic heterocycles. The van der Waals surface area contributed by atoms with Gasteiger partial charge in [0, 0.05) is 37.3 Å². The molecule has 1 aromatic carbocycles. The van der Waals surface area contributed by atoms with Crippen molar-refractivity contribution >= 4 is 11.9 Å². The Morgan fingerprint density at radius 2 is 2.03 bits per heavy atom. The van der Waals surface area contributed by atoms with E-state index in [1.165, 1.54) is 25.0 Å². The molecule has 7 nitrogen and oxygen atoms in total. The van der Waals surface area contributed by atoms with Gasteiger partial charge in [-0.25, -0.2) is 8.78 Å². The number of carboxylic acids is 1. The van der Waals surface area contributed by atoms with Crippen LogP contribution in [0.2, 0.25) is 0 Å². The van der Waals surface area contributed by atoms with E-state index in [1.807, 2.05) is 0 Å². The molecule has 0 radical (unpaired) electrons. The minimum atomic E-state index is -0.956. The highest BCUT2D eigenvalue weighted by Gasteiger charge is 2.40. The summed E-state index contributed by atoms with van der Waals surface area (Å²) < 4.78 is 32.0. The number of aromatic nitrogens is 1. The standard InChI is InChI=1S/C21H23F2N3O4/c1-11(12-2-3-12)26-7-6-17(15(10-26)21(28)29)24-20(27)18-9-19(30-25-18)14-5-4-13(22)8-16(14)23/h4-5,8-9,11-12,15,17H,2-3,6-7,10H2,1H3,(H,24,27)(H,28,29)/t11-,15-,17-/m0/s1. The average molecular weight is 419 g/mol. The zero-order valence-corrected chi connectivity index (χ0v) is 16.5. The van der Waals surface area contributed by atoms with Crippen molar-refractivity contribution in [2.45, 2.75) is 38.3 Å². The molecule has 2 heterocycles. The molecule has 0 unspecified atom stereocenters. The van der Waals surface area contributed by atoms with Crippen molar-refractivity contribution in [3.05, 3.63) is 41.6 Å². The molecule has 4 rings (SSSR count). The van der Waals surface area contributed by atoms with Gasteiger partial charge in [0.1, 0.15) is 11.6 Å². The topological polar surface area (TPSA) is 95.7 Å². The van der Waals surface area contributed by atoms with Crippen molar-refractivity contribution in [2.24, 2.45) is 11.8 Å². The highest BCUT2D eigenvalue weighted by molar-refractivity contribution is 5.93. The van der Waals surface area contributed by atoms with Gasteiger partial charge in [-0.15, -0.1) is 0 Å². The maximum Gasteiger partial charge on any atom is 0.309 e. The van der Waals surface area contributed by atoms with Gasteiger partial charge in [0.05, 0.1) is 11.5 Å². The van der Waals surface area contributed by atoms with Crippen molar-refractivity contribution in [1.82, 2.24) is 15.4 Å². The number of hydrogen-bond donors (Lipinski definition) is 2. The lowest BCUT2D eigenvalue weighted by Gasteiger charge is -2.40. The Morgan fingerprint density at radius 1 is 1.27 bits per heavy atom. The van der Waals surface area contributed by atoms with E-state index in [0.29, 0.717) is 37.5 Å². The first kappa shape index (κ1) is 20.5. The summed E-state index contributed by atoms with van der Waals surface area (Å²) in [5.74, 6) is -3.22. The first-order chi connectivity index (χ1) is 14.3. The van der Waals surface area contributed by atoms with E-state index in [-0.39, 0.29) is 17.0 Å². The number of halogens is 2. The molecule has 2 N–H and O–H groups in total. The van der Waals surface area contributed by atoms with E-state index >= 15 is 0 Å². The molecule has 160 valence electrons. The minimum absolute atomic E-state index is 0.0134. The van der Waals surface area contributed by atoms with Crippen LogP contribution < -0.4 is 5.32 Å². The normalized spacial score (nSPS) is 23.2. The van der Waals surface area contributed by atoms with E-state index in [9.17, 15) is 23.5 Å². The van der Waals surface area contributed by atoms with Crippen molar-refractivity contribution in [3.63, 3.8) is 0 Å². The first-order valence-corrected chi connectivity index (χ1v) is 10.0. The van der Waals surface area contributed by atoms with Crippen LogP contribution in [0.25, 0.3) is 11.3 Å². The van der Waals surface area contributed by atoms with Crippen molar-refractivity contribution in [3.8, 4) is 11.3 Å². The van der Waals surface area contributed by atoms with Crippen LogP contribution in [0.4, 0.5) is 8.78 Å². The monoisotopic (exact) mass is 419 g/mol. The Labute approximate surface area is 172 Å². The lowest BCUT2D eigenvalue weighted by molar-refractivity contribution is -0.145. The van der Waals surface area contributed by atoms with Gasteiger partial charge in [0.15, 0.2) is 11.5 Å². The number of carbonyl (C=O) groups is 2. The second kappa shape index (κ2) is 8.14.